The maximum absolute atomic E-state index is 12.5. The molecule has 0 saturated heterocycles. The van der Waals surface area contributed by atoms with E-state index in [1.165, 1.54) is 5.56 Å². The lowest BCUT2D eigenvalue weighted by Crippen LogP contribution is -2.15. The van der Waals surface area contributed by atoms with Gasteiger partial charge in [-0.05, 0) is 47.9 Å². The van der Waals surface area contributed by atoms with Gasteiger partial charge in [0.2, 0.25) is 12.7 Å². The largest absolute Gasteiger partial charge is 0.454 e. The van der Waals surface area contributed by atoms with E-state index in [1.54, 1.807) is 12.3 Å². The van der Waals surface area contributed by atoms with Gasteiger partial charge in [-0.25, -0.2) is 9.97 Å². The molecule has 2 aromatic carbocycles. The number of fused-ring (bicyclic) bond motifs is 1. The molecule has 3 aromatic rings. The number of rotatable bonds is 6. The molecule has 0 bridgehead atoms. The fourth-order valence-corrected chi connectivity index (χ4v) is 2.82. The zero-order valence-electron chi connectivity index (χ0n) is 15.4. The Morgan fingerprint density at radius 1 is 1.04 bits per heavy atom. The van der Waals surface area contributed by atoms with Gasteiger partial charge >= 0.3 is 0 Å². The van der Waals surface area contributed by atoms with Gasteiger partial charge < -0.3 is 20.1 Å². The average Bonchev–Trinajstić information content (AvgIpc) is 3.21. The molecule has 0 atom stereocenters. The maximum Gasteiger partial charge on any atom is 0.274 e. The van der Waals surface area contributed by atoms with Crippen molar-refractivity contribution >= 4 is 17.5 Å². The van der Waals surface area contributed by atoms with Gasteiger partial charge in [0.25, 0.3) is 5.91 Å². The fraction of sp³-hybridized carbons (Fsp3) is 0.190. The second kappa shape index (κ2) is 7.96. The first-order chi connectivity index (χ1) is 13.7. The van der Waals surface area contributed by atoms with Gasteiger partial charge in [0.05, 0.1) is 0 Å². The molecule has 4 rings (SSSR count). The van der Waals surface area contributed by atoms with Crippen molar-refractivity contribution in [2.24, 2.45) is 0 Å². The van der Waals surface area contributed by atoms with Crippen molar-refractivity contribution in [2.45, 2.75) is 19.9 Å². The quantitative estimate of drug-likeness (QED) is 0.683. The van der Waals surface area contributed by atoms with E-state index in [1.807, 2.05) is 42.5 Å². The van der Waals surface area contributed by atoms with Crippen molar-refractivity contribution in [3.63, 3.8) is 0 Å². The first kappa shape index (κ1) is 17.8. The van der Waals surface area contributed by atoms with Crippen molar-refractivity contribution < 1.29 is 14.3 Å². The maximum atomic E-state index is 12.5. The number of carbonyl (C=O) groups is 1. The van der Waals surface area contributed by atoms with Crippen LogP contribution in [-0.4, -0.2) is 22.7 Å². The van der Waals surface area contributed by atoms with Crippen LogP contribution in [0.25, 0.3) is 0 Å². The van der Waals surface area contributed by atoms with E-state index >= 15 is 0 Å². The highest BCUT2D eigenvalue weighted by atomic mass is 16.7. The summed E-state index contributed by atoms with van der Waals surface area (Å²) in [6.07, 6.45) is 2.52. The minimum Gasteiger partial charge on any atom is -0.454 e. The Kier molecular flexibility index (Phi) is 5.05. The first-order valence-corrected chi connectivity index (χ1v) is 9.07. The van der Waals surface area contributed by atoms with Gasteiger partial charge in [0.15, 0.2) is 11.5 Å². The van der Waals surface area contributed by atoms with E-state index in [0.29, 0.717) is 18.2 Å². The molecular weight excluding hydrogens is 356 g/mol. The van der Waals surface area contributed by atoms with E-state index < -0.39 is 0 Å². The minimum atomic E-state index is -0.280. The second-order valence-electron chi connectivity index (χ2n) is 6.31. The summed E-state index contributed by atoms with van der Waals surface area (Å²) in [5, 5.41) is 5.98. The molecule has 0 spiro atoms. The summed E-state index contributed by atoms with van der Waals surface area (Å²) in [6.45, 7) is 2.83. The molecule has 1 aliphatic rings. The Morgan fingerprint density at radius 2 is 1.82 bits per heavy atom. The number of amides is 1. The second-order valence-corrected chi connectivity index (χ2v) is 6.31. The lowest BCUT2D eigenvalue weighted by Gasteiger charge is -2.08. The molecule has 142 valence electrons. The predicted octanol–water partition coefficient (Wildman–Crippen LogP) is 3.63. The molecule has 7 heteroatoms. The SMILES string of the molecule is CCc1ccc(NC(=O)c2ccnc(NCc3ccc4c(c3)OCO4)n2)cc1. The summed E-state index contributed by atoms with van der Waals surface area (Å²) in [5.74, 6) is 1.57. The van der Waals surface area contributed by atoms with Gasteiger partial charge in [-0.15, -0.1) is 0 Å². The highest BCUT2D eigenvalue weighted by Gasteiger charge is 2.13. The zero-order valence-corrected chi connectivity index (χ0v) is 15.4. The Balaban J connectivity index is 1.40. The number of anilines is 2. The minimum absolute atomic E-state index is 0.244. The average molecular weight is 376 g/mol. The van der Waals surface area contributed by atoms with Gasteiger partial charge in [-0.3, -0.25) is 4.79 Å². The Bertz CT molecular complexity index is 989. The number of aryl methyl sites for hydroxylation is 1. The zero-order chi connectivity index (χ0) is 19.3. The van der Waals surface area contributed by atoms with Crippen LogP contribution >= 0.6 is 0 Å². The Labute approximate surface area is 162 Å². The van der Waals surface area contributed by atoms with Crippen LogP contribution in [0.2, 0.25) is 0 Å². The summed E-state index contributed by atoms with van der Waals surface area (Å²) in [6, 6.07) is 15.1. The Morgan fingerprint density at radius 3 is 2.64 bits per heavy atom. The van der Waals surface area contributed by atoms with E-state index in [9.17, 15) is 4.79 Å². The molecular formula is C21H20N4O3. The number of carbonyl (C=O) groups excluding carboxylic acids is 1. The van der Waals surface area contributed by atoms with E-state index in [0.717, 1.165) is 29.2 Å². The molecule has 1 amide bonds. The molecule has 0 fully saturated rings. The monoisotopic (exact) mass is 376 g/mol. The van der Waals surface area contributed by atoms with Crippen LogP contribution in [0.15, 0.2) is 54.7 Å². The Hall–Kier alpha value is -3.61. The fourth-order valence-electron chi connectivity index (χ4n) is 2.82. The molecule has 2 N–H and O–H groups in total. The molecule has 1 aliphatic heterocycles. The number of aromatic nitrogens is 2. The predicted molar refractivity (Wildman–Crippen MR) is 106 cm³/mol. The number of nitrogens with one attached hydrogen (secondary N) is 2. The summed E-state index contributed by atoms with van der Waals surface area (Å²) in [4.78, 5) is 20.9. The van der Waals surface area contributed by atoms with E-state index in [2.05, 4.69) is 27.5 Å². The molecule has 0 radical (unpaired) electrons. The smallest absolute Gasteiger partial charge is 0.274 e. The topological polar surface area (TPSA) is 85.4 Å². The highest BCUT2D eigenvalue weighted by Crippen LogP contribution is 2.32. The standard InChI is InChI=1S/C21H20N4O3/c1-2-14-3-6-16(7-4-14)24-20(26)17-9-10-22-21(25-17)23-12-15-5-8-18-19(11-15)28-13-27-18/h3-11H,2,12-13H2,1H3,(H,24,26)(H,22,23,25). The molecule has 7 nitrogen and oxygen atoms in total. The van der Waals surface area contributed by atoms with Crippen molar-refractivity contribution in [3.8, 4) is 11.5 Å². The summed E-state index contributed by atoms with van der Waals surface area (Å²) in [5.41, 5.74) is 3.24. The molecule has 1 aromatic heterocycles. The van der Waals surface area contributed by atoms with Crippen LogP contribution in [0.1, 0.15) is 28.5 Å². The molecule has 0 aliphatic carbocycles. The number of ether oxygens (including phenoxy) is 2. The van der Waals surface area contributed by atoms with E-state index in [4.69, 9.17) is 9.47 Å². The van der Waals surface area contributed by atoms with Gasteiger partial charge in [-0.2, -0.15) is 0 Å². The molecule has 28 heavy (non-hydrogen) atoms. The third-order valence-electron chi connectivity index (χ3n) is 4.40. The van der Waals surface area contributed by atoms with Crippen LogP contribution in [0.5, 0.6) is 11.5 Å². The number of nitrogens with zero attached hydrogens (tertiary/aromatic N) is 2. The summed E-state index contributed by atoms with van der Waals surface area (Å²) in [7, 11) is 0. The van der Waals surface area contributed by atoms with Crippen LogP contribution in [0, 0.1) is 0 Å². The van der Waals surface area contributed by atoms with Crippen molar-refractivity contribution in [1.29, 1.82) is 0 Å². The number of hydrogen-bond donors (Lipinski definition) is 2. The summed E-state index contributed by atoms with van der Waals surface area (Å²) >= 11 is 0. The summed E-state index contributed by atoms with van der Waals surface area (Å²) < 4.78 is 10.7. The third kappa shape index (κ3) is 4.03. The third-order valence-corrected chi connectivity index (χ3v) is 4.40. The highest BCUT2D eigenvalue weighted by molar-refractivity contribution is 6.02. The number of benzene rings is 2. The van der Waals surface area contributed by atoms with Crippen molar-refractivity contribution in [2.75, 3.05) is 17.4 Å². The molecule has 2 heterocycles. The first-order valence-electron chi connectivity index (χ1n) is 9.07. The van der Waals surface area contributed by atoms with Gasteiger partial charge in [-0.1, -0.05) is 25.1 Å². The van der Waals surface area contributed by atoms with Gasteiger partial charge in [0, 0.05) is 18.4 Å². The lowest BCUT2D eigenvalue weighted by molar-refractivity contribution is 0.102. The van der Waals surface area contributed by atoms with Crippen LogP contribution < -0.4 is 20.1 Å². The normalized spacial score (nSPS) is 11.9. The molecule has 0 saturated carbocycles. The van der Waals surface area contributed by atoms with Crippen LogP contribution in [0.4, 0.5) is 11.6 Å². The van der Waals surface area contributed by atoms with Crippen molar-refractivity contribution in [3.05, 3.63) is 71.5 Å². The molecule has 0 unspecified atom stereocenters. The van der Waals surface area contributed by atoms with Crippen molar-refractivity contribution in [1.82, 2.24) is 9.97 Å². The van der Waals surface area contributed by atoms with Gasteiger partial charge in [0.1, 0.15) is 5.69 Å². The van der Waals surface area contributed by atoms with E-state index in [-0.39, 0.29) is 12.7 Å². The lowest BCUT2D eigenvalue weighted by atomic mass is 10.1. The van der Waals surface area contributed by atoms with Crippen LogP contribution in [-0.2, 0) is 13.0 Å². The number of hydrogen-bond acceptors (Lipinski definition) is 6. The van der Waals surface area contributed by atoms with Crippen LogP contribution in [0.3, 0.4) is 0 Å².